The number of methoxy groups -OCH3 is 2. The van der Waals surface area contributed by atoms with Gasteiger partial charge < -0.3 is 28.8 Å². The normalized spacial score (nSPS) is 19.5. The summed E-state index contributed by atoms with van der Waals surface area (Å²) in [5.74, 6) is -0.205. The van der Waals surface area contributed by atoms with Gasteiger partial charge in [0.1, 0.15) is 17.4 Å². The summed E-state index contributed by atoms with van der Waals surface area (Å²) < 4.78 is 45.3. The Morgan fingerprint density at radius 2 is 1.75 bits per heavy atom. The minimum absolute atomic E-state index is 0.0358. The fourth-order valence-corrected chi connectivity index (χ4v) is 5.40. The second-order valence-corrected chi connectivity index (χ2v) is 18.9. The van der Waals surface area contributed by atoms with E-state index in [1.165, 1.54) is 26.4 Å². The molecular weight excluding hydrogens is 556 g/mol. The Morgan fingerprint density at radius 3 is 2.25 bits per heavy atom. The number of hydrogen-bond donors (Lipinski definition) is 2. The van der Waals surface area contributed by atoms with Crippen molar-refractivity contribution in [3.05, 3.63) is 35.0 Å². The maximum Gasteiger partial charge on any atom is 0.413 e. The number of piperazine rings is 1. The van der Waals surface area contributed by atoms with Crippen molar-refractivity contribution in [1.82, 2.24) is 10.2 Å². The fraction of sp³-hybridized carbons (Fsp3) is 0.556. The lowest BCUT2D eigenvalue weighted by Gasteiger charge is -2.40. The van der Waals surface area contributed by atoms with Crippen molar-refractivity contribution in [3.63, 3.8) is 0 Å². The van der Waals surface area contributed by atoms with Gasteiger partial charge in [0.2, 0.25) is 5.91 Å². The molecule has 40 heavy (non-hydrogen) atoms. The van der Waals surface area contributed by atoms with Crippen LogP contribution < -0.4 is 19.0 Å². The van der Waals surface area contributed by atoms with Crippen molar-refractivity contribution in [2.24, 2.45) is 0 Å². The Labute approximate surface area is 238 Å². The van der Waals surface area contributed by atoms with E-state index < -0.39 is 48.1 Å². The van der Waals surface area contributed by atoms with Gasteiger partial charge in [-0.05, 0) is 52.3 Å². The largest absolute Gasteiger partial charge is 0.496 e. The maximum absolute atomic E-state index is 13.3. The lowest BCUT2D eigenvalue weighted by Crippen LogP contribution is -2.61. The summed E-state index contributed by atoms with van der Waals surface area (Å²) in [6.07, 6.45) is 3.85. The zero-order chi connectivity index (χ0) is 30.6. The van der Waals surface area contributed by atoms with Crippen LogP contribution in [0.25, 0.3) is 6.08 Å². The van der Waals surface area contributed by atoms with Gasteiger partial charge in [0, 0.05) is 19.2 Å². The molecule has 0 saturated carbocycles. The molecule has 0 aliphatic carbocycles. The van der Waals surface area contributed by atoms with E-state index in [9.17, 15) is 23.1 Å². The third-order valence-electron chi connectivity index (χ3n) is 5.72. The molecule has 1 saturated heterocycles. The third-order valence-corrected chi connectivity index (χ3v) is 7.67. The van der Waals surface area contributed by atoms with E-state index in [2.05, 4.69) is 25.0 Å². The second kappa shape index (κ2) is 12.6. The summed E-state index contributed by atoms with van der Waals surface area (Å²) >= 11 is 0. The number of allylic oxidation sites excluding steroid dienone is 1. The summed E-state index contributed by atoms with van der Waals surface area (Å²) in [5.41, 5.74) is -0.220. The molecule has 1 aliphatic rings. The van der Waals surface area contributed by atoms with Crippen LogP contribution in [0.1, 0.15) is 38.3 Å². The summed E-state index contributed by atoms with van der Waals surface area (Å²) in [6.45, 7) is 13.4. The number of benzene rings is 1. The van der Waals surface area contributed by atoms with Gasteiger partial charge in [0.25, 0.3) is 0 Å². The highest BCUT2D eigenvalue weighted by Crippen LogP contribution is 2.41. The Balaban J connectivity index is 2.60. The number of aliphatic hydroxyl groups excluding tert-OH is 1. The van der Waals surface area contributed by atoms with E-state index in [0.717, 1.165) is 17.2 Å². The number of rotatable bonds is 9. The molecule has 0 aromatic heterocycles. The number of hydrogen-bond acceptors (Lipinski definition) is 9. The predicted molar refractivity (Wildman–Crippen MR) is 156 cm³/mol. The van der Waals surface area contributed by atoms with Crippen molar-refractivity contribution >= 4 is 36.3 Å². The molecule has 2 amide bonds. The van der Waals surface area contributed by atoms with Crippen molar-refractivity contribution in [2.45, 2.75) is 77.7 Å². The van der Waals surface area contributed by atoms with E-state index in [0.29, 0.717) is 5.56 Å². The second-order valence-electron chi connectivity index (χ2n) is 11.8. The molecule has 224 valence electrons. The number of nitrogens with zero attached hydrogens (tertiary/aromatic N) is 1. The Hall–Kier alpha value is -3.03. The smallest absolute Gasteiger partial charge is 0.413 e. The van der Waals surface area contributed by atoms with Crippen LogP contribution >= 0.6 is 0 Å². The van der Waals surface area contributed by atoms with E-state index in [1.807, 2.05) is 12.2 Å². The third kappa shape index (κ3) is 9.00. The van der Waals surface area contributed by atoms with Crippen LogP contribution in [-0.2, 0) is 19.6 Å². The molecule has 11 nitrogen and oxygen atoms in total. The SMILES string of the molecule is COc1c(/C=C2\NC(=O)[C@H](C/C=C\C[Si](C)(C)C)N(C(=O)OC(C)(C)C)C2O)cc(OS(C)(=O)=O)c(OC)c1C. The van der Waals surface area contributed by atoms with Crippen LogP contribution in [0, 0.1) is 6.92 Å². The van der Waals surface area contributed by atoms with E-state index in [4.69, 9.17) is 18.4 Å². The summed E-state index contributed by atoms with van der Waals surface area (Å²) in [6, 6.07) is 1.22. The molecule has 1 fully saturated rings. The first kappa shape index (κ1) is 33.2. The van der Waals surface area contributed by atoms with Crippen LogP contribution in [0.2, 0.25) is 25.7 Å². The van der Waals surface area contributed by atoms with Crippen LogP contribution in [-0.4, -0.2) is 76.8 Å². The highest BCUT2D eigenvalue weighted by molar-refractivity contribution is 7.86. The highest BCUT2D eigenvalue weighted by atomic mass is 32.2. The first-order chi connectivity index (χ1) is 18.3. The van der Waals surface area contributed by atoms with Gasteiger partial charge in [-0.3, -0.25) is 9.69 Å². The molecule has 2 atom stereocenters. The zero-order valence-corrected chi connectivity index (χ0v) is 26.8. The number of carbonyl (C=O) groups excluding carboxylic acids is 2. The first-order valence-corrected chi connectivity index (χ1v) is 18.3. The average Bonchev–Trinajstić information content (AvgIpc) is 2.76. The lowest BCUT2D eigenvalue weighted by molar-refractivity contribution is -0.134. The molecule has 2 rings (SSSR count). The number of carbonyl (C=O) groups is 2. The van der Waals surface area contributed by atoms with Gasteiger partial charge in [-0.25, -0.2) is 4.79 Å². The molecule has 2 N–H and O–H groups in total. The van der Waals surface area contributed by atoms with E-state index >= 15 is 0 Å². The molecule has 1 aliphatic heterocycles. The molecule has 1 unspecified atom stereocenters. The van der Waals surface area contributed by atoms with Gasteiger partial charge in [-0.2, -0.15) is 8.42 Å². The molecule has 0 bridgehead atoms. The number of ether oxygens (including phenoxy) is 3. The van der Waals surface area contributed by atoms with Gasteiger partial charge in [-0.1, -0.05) is 31.8 Å². The van der Waals surface area contributed by atoms with Crippen molar-refractivity contribution < 1.29 is 41.5 Å². The average molecular weight is 599 g/mol. The summed E-state index contributed by atoms with van der Waals surface area (Å²) in [7, 11) is -2.51. The van der Waals surface area contributed by atoms with E-state index in [-0.39, 0.29) is 34.9 Å². The highest BCUT2D eigenvalue weighted by Gasteiger charge is 2.43. The quantitative estimate of drug-likeness (QED) is 0.245. The summed E-state index contributed by atoms with van der Waals surface area (Å²) in [5, 5.41) is 14.0. The number of aliphatic hydroxyl groups is 1. The number of nitrogens with one attached hydrogen (secondary N) is 1. The Kier molecular flexibility index (Phi) is 10.5. The van der Waals surface area contributed by atoms with Crippen molar-refractivity contribution in [1.29, 1.82) is 0 Å². The van der Waals surface area contributed by atoms with Crippen LogP contribution in [0.5, 0.6) is 17.2 Å². The zero-order valence-electron chi connectivity index (χ0n) is 24.9. The topological polar surface area (TPSA) is 141 Å². The fourth-order valence-electron chi connectivity index (χ4n) is 4.07. The van der Waals surface area contributed by atoms with Crippen LogP contribution in [0.15, 0.2) is 23.9 Å². The van der Waals surface area contributed by atoms with Crippen molar-refractivity contribution in [2.75, 3.05) is 20.5 Å². The monoisotopic (exact) mass is 598 g/mol. The van der Waals surface area contributed by atoms with Crippen LogP contribution in [0.4, 0.5) is 4.79 Å². The van der Waals surface area contributed by atoms with Gasteiger partial charge in [0.05, 0.1) is 26.2 Å². The number of amides is 2. The predicted octanol–water partition coefficient (Wildman–Crippen LogP) is 4.03. The molecule has 13 heteroatoms. The minimum Gasteiger partial charge on any atom is -0.496 e. The Bertz CT molecular complexity index is 1280. The molecule has 0 radical (unpaired) electrons. The standard InChI is InChI=1S/C27H42N2O9SSi/c1-17-22(35-5)18(16-21(23(17)36-6)38-39(7,33)34)15-19-25(31)29(26(32)37-27(2,3)4)20(24(30)28-19)13-11-12-14-40(8,9)10/h11-12,15-16,20,25,31H,13-14H2,1-10H3,(H,28,30)/b12-11-,19-15-/t20-,25?/m0/s1. The summed E-state index contributed by atoms with van der Waals surface area (Å²) in [4.78, 5) is 27.5. The van der Waals surface area contributed by atoms with Crippen molar-refractivity contribution in [3.8, 4) is 17.2 Å². The van der Waals surface area contributed by atoms with E-state index in [1.54, 1.807) is 27.7 Å². The molecule has 1 heterocycles. The lowest BCUT2D eigenvalue weighted by atomic mass is 10.0. The van der Waals surface area contributed by atoms with Gasteiger partial charge >= 0.3 is 16.2 Å². The molecule has 0 spiro atoms. The van der Waals surface area contributed by atoms with Crippen LogP contribution in [0.3, 0.4) is 0 Å². The van der Waals surface area contributed by atoms with Gasteiger partial charge in [-0.15, -0.1) is 0 Å². The minimum atomic E-state index is -3.91. The molecule has 1 aromatic rings. The maximum atomic E-state index is 13.3. The first-order valence-electron chi connectivity index (χ1n) is 12.8. The molecule has 1 aromatic carbocycles. The Morgan fingerprint density at radius 1 is 1.15 bits per heavy atom. The van der Waals surface area contributed by atoms with Gasteiger partial charge in [0.15, 0.2) is 17.7 Å². The molecular formula is C27H42N2O9SSi.